The molecular formula is C6H11N5O2. The molecule has 72 valence electrons. The molecule has 0 saturated heterocycles. The highest BCUT2D eigenvalue weighted by Crippen LogP contribution is 2.04. The minimum Gasteiger partial charge on any atom is -0.352 e. The summed E-state index contributed by atoms with van der Waals surface area (Å²) in [7, 11) is 3.58. The molecule has 0 bridgehead atoms. The fourth-order valence-electron chi connectivity index (χ4n) is 0.662. The lowest BCUT2D eigenvalue weighted by Crippen LogP contribution is -2.28. The third-order valence-corrected chi connectivity index (χ3v) is 1.27. The van der Waals surface area contributed by atoms with Crippen molar-refractivity contribution in [2.24, 2.45) is 5.73 Å². The van der Waals surface area contributed by atoms with Crippen molar-refractivity contribution in [1.29, 1.82) is 0 Å². The number of primary amides is 1. The number of nitrogens with one attached hydrogen (secondary N) is 1. The van der Waals surface area contributed by atoms with Crippen LogP contribution in [0.1, 0.15) is 5.89 Å². The van der Waals surface area contributed by atoms with Crippen LogP contribution in [0.2, 0.25) is 0 Å². The van der Waals surface area contributed by atoms with Crippen LogP contribution >= 0.6 is 0 Å². The third-order valence-electron chi connectivity index (χ3n) is 1.27. The number of rotatable bonds is 3. The zero-order chi connectivity index (χ0) is 9.84. The second-order valence-corrected chi connectivity index (χ2v) is 2.60. The Morgan fingerprint density at radius 1 is 1.69 bits per heavy atom. The molecule has 0 aliphatic heterocycles. The highest BCUT2D eigenvalue weighted by atomic mass is 16.5. The maximum Gasteiger partial charge on any atom is 0.312 e. The van der Waals surface area contributed by atoms with Gasteiger partial charge in [-0.25, -0.2) is 4.79 Å². The number of nitrogens with zero attached hydrogens (tertiary/aromatic N) is 3. The van der Waals surface area contributed by atoms with E-state index in [9.17, 15) is 4.79 Å². The molecule has 0 radical (unpaired) electrons. The number of hydrogen-bond donors (Lipinski definition) is 2. The van der Waals surface area contributed by atoms with E-state index in [1.807, 2.05) is 0 Å². The summed E-state index contributed by atoms with van der Waals surface area (Å²) in [4.78, 5) is 16.0. The molecule has 7 nitrogen and oxygen atoms in total. The van der Waals surface area contributed by atoms with E-state index < -0.39 is 6.03 Å². The molecule has 0 atom stereocenters. The van der Waals surface area contributed by atoms with Crippen LogP contribution in [-0.2, 0) is 6.54 Å². The van der Waals surface area contributed by atoms with Gasteiger partial charge in [0.15, 0.2) is 0 Å². The molecule has 0 aliphatic rings. The largest absolute Gasteiger partial charge is 0.352 e. The molecule has 0 aliphatic carbocycles. The van der Waals surface area contributed by atoms with E-state index in [4.69, 9.17) is 10.3 Å². The first kappa shape index (κ1) is 9.30. The summed E-state index contributed by atoms with van der Waals surface area (Å²) in [6.45, 7) is 0.149. The minimum atomic E-state index is -0.621. The van der Waals surface area contributed by atoms with Crippen LogP contribution in [0.25, 0.3) is 0 Å². The number of carbonyl (C=O) groups is 1. The van der Waals surface area contributed by atoms with Gasteiger partial charge < -0.3 is 20.5 Å². The van der Waals surface area contributed by atoms with Gasteiger partial charge in [0.1, 0.15) is 0 Å². The Kier molecular flexibility index (Phi) is 2.68. The second kappa shape index (κ2) is 3.74. The topological polar surface area (TPSA) is 97.3 Å². The summed E-state index contributed by atoms with van der Waals surface area (Å²) >= 11 is 0. The number of carbonyl (C=O) groups excluding carboxylic acids is 1. The van der Waals surface area contributed by atoms with E-state index in [1.54, 1.807) is 19.0 Å². The second-order valence-electron chi connectivity index (χ2n) is 2.60. The fraction of sp³-hybridized carbons (Fsp3) is 0.500. The number of hydrogen-bond acceptors (Lipinski definition) is 5. The normalized spacial score (nSPS) is 9.69. The van der Waals surface area contributed by atoms with Crippen molar-refractivity contribution in [2.75, 3.05) is 19.0 Å². The third kappa shape index (κ3) is 2.62. The summed E-state index contributed by atoms with van der Waals surface area (Å²) in [5, 5.41) is 5.98. The van der Waals surface area contributed by atoms with Gasteiger partial charge in [0.25, 0.3) is 5.95 Å². The summed E-state index contributed by atoms with van der Waals surface area (Å²) < 4.78 is 4.80. The smallest absolute Gasteiger partial charge is 0.312 e. The van der Waals surface area contributed by atoms with E-state index in [0.717, 1.165) is 0 Å². The van der Waals surface area contributed by atoms with Crippen molar-refractivity contribution in [3.8, 4) is 0 Å². The van der Waals surface area contributed by atoms with Gasteiger partial charge >= 0.3 is 6.03 Å². The molecule has 1 rings (SSSR count). The quantitative estimate of drug-likeness (QED) is 0.649. The van der Waals surface area contributed by atoms with E-state index in [2.05, 4.69) is 15.5 Å². The van der Waals surface area contributed by atoms with Crippen LogP contribution in [0.3, 0.4) is 0 Å². The van der Waals surface area contributed by atoms with Crippen LogP contribution in [0, 0.1) is 0 Å². The van der Waals surface area contributed by atoms with Gasteiger partial charge in [-0.3, -0.25) is 0 Å². The number of aromatic nitrogens is 2. The Morgan fingerprint density at radius 3 is 2.85 bits per heavy atom. The van der Waals surface area contributed by atoms with Gasteiger partial charge in [0.2, 0.25) is 5.89 Å². The van der Waals surface area contributed by atoms with E-state index in [-0.39, 0.29) is 6.54 Å². The first-order valence-electron chi connectivity index (χ1n) is 3.63. The summed E-state index contributed by atoms with van der Waals surface area (Å²) in [6.07, 6.45) is 0. The molecule has 7 heteroatoms. The van der Waals surface area contributed by atoms with Crippen molar-refractivity contribution in [3.05, 3.63) is 5.89 Å². The van der Waals surface area contributed by atoms with Gasteiger partial charge in [-0.15, -0.1) is 0 Å². The zero-order valence-corrected chi connectivity index (χ0v) is 7.44. The lowest BCUT2D eigenvalue weighted by atomic mass is 10.6. The average molecular weight is 185 g/mol. The summed E-state index contributed by atoms with van der Waals surface area (Å²) in [6, 6.07) is -0.621. The first-order chi connectivity index (χ1) is 6.09. The minimum absolute atomic E-state index is 0.149. The summed E-state index contributed by atoms with van der Waals surface area (Å²) in [5.74, 6) is 0.781. The Bertz CT molecular complexity index is 295. The molecular weight excluding hydrogens is 174 g/mol. The maximum absolute atomic E-state index is 10.3. The molecule has 0 fully saturated rings. The molecule has 13 heavy (non-hydrogen) atoms. The number of urea groups is 1. The number of anilines is 1. The standard InChI is InChI=1S/C6H11N5O2/c1-11(2)6-9-4(13-10-6)3-8-5(7)12/h3H2,1-2H3,(H3,7,8,12). The molecule has 1 heterocycles. The number of amides is 2. The van der Waals surface area contributed by atoms with Gasteiger partial charge in [0, 0.05) is 14.1 Å². The van der Waals surface area contributed by atoms with Crippen LogP contribution in [0.15, 0.2) is 4.52 Å². The zero-order valence-electron chi connectivity index (χ0n) is 7.44. The highest BCUT2D eigenvalue weighted by molar-refractivity contribution is 5.71. The van der Waals surface area contributed by atoms with Crippen LogP contribution in [0.5, 0.6) is 0 Å². The Labute approximate surface area is 74.9 Å². The molecule has 1 aromatic heterocycles. The van der Waals surface area contributed by atoms with E-state index in [1.165, 1.54) is 0 Å². The van der Waals surface area contributed by atoms with Gasteiger partial charge in [0.05, 0.1) is 6.54 Å². The van der Waals surface area contributed by atoms with Gasteiger partial charge in [-0.2, -0.15) is 4.98 Å². The molecule has 2 amide bonds. The Balaban J connectivity index is 2.54. The van der Waals surface area contributed by atoms with E-state index in [0.29, 0.717) is 11.8 Å². The Hall–Kier alpha value is -1.79. The van der Waals surface area contributed by atoms with Gasteiger partial charge in [-0.1, -0.05) is 0 Å². The molecule has 0 saturated carbocycles. The number of nitrogens with two attached hydrogens (primary N) is 1. The molecule has 1 aromatic rings. The monoisotopic (exact) mass is 185 g/mol. The average Bonchev–Trinajstić information content (AvgIpc) is 2.48. The van der Waals surface area contributed by atoms with Crippen LogP contribution in [-0.4, -0.2) is 30.3 Å². The SMILES string of the molecule is CN(C)c1noc(CNC(N)=O)n1. The molecule has 0 spiro atoms. The fourth-order valence-corrected chi connectivity index (χ4v) is 0.662. The van der Waals surface area contributed by atoms with E-state index >= 15 is 0 Å². The lowest BCUT2D eigenvalue weighted by Gasteiger charge is -2.02. The summed E-state index contributed by atoms with van der Waals surface area (Å²) in [5.41, 5.74) is 4.86. The molecule has 0 aromatic carbocycles. The van der Waals surface area contributed by atoms with Crippen LogP contribution < -0.4 is 16.0 Å². The molecule has 0 unspecified atom stereocenters. The molecule has 3 N–H and O–H groups in total. The predicted molar refractivity (Wildman–Crippen MR) is 45.0 cm³/mol. The van der Waals surface area contributed by atoms with Crippen molar-refractivity contribution in [1.82, 2.24) is 15.5 Å². The van der Waals surface area contributed by atoms with Crippen molar-refractivity contribution in [2.45, 2.75) is 6.54 Å². The van der Waals surface area contributed by atoms with Crippen molar-refractivity contribution >= 4 is 12.0 Å². The highest BCUT2D eigenvalue weighted by Gasteiger charge is 2.07. The van der Waals surface area contributed by atoms with Crippen molar-refractivity contribution < 1.29 is 9.32 Å². The van der Waals surface area contributed by atoms with Crippen molar-refractivity contribution in [3.63, 3.8) is 0 Å². The van der Waals surface area contributed by atoms with Gasteiger partial charge in [-0.05, 0) is 5.16 Å². The first-order valence-corrected chi connectivity index (χ1v) is 3.63. The maximum atomic E-state index is 10.3. The Morgan fingerprint density at radius 2 is 2.38 bits per heavy atom. The van der Waals surface area contributed by atoms with Crippen LogP contribution in [0.4, 0.5) is 10.7 Å². The predicted octanol–water partition coefficient (Wildman–Crippen LogP) is -0.696. The lowest BCUT2D eigenvalue weighted by molar-refractivity contribution is 0.246.